The molecule has 0 unspecified atom stereocenters. The normalized spacial score (nSPS) is 16.7. The number of hydrogen-bond donors (Lipinski definition) is 0. The van der Waals surface area contributed by atoms with Crippen molar-refractivity contribution in [2.24, 2.45) is 0 Å². The van der Waals surface area contributed by atoms with Crippen molar-refractivity contribution in [3.05, 3.63) is 50.2 Å². The van der Waals surface area contributed by atoms with Crippen LogP contribution in [0.4, 0.5) is 5.69 Å². The Kier molecular flexibility index (Phi) is 7.91. The molecule has 3 rings (SSSR count). The van der Waals surface area contributed by atoms with Crippen molar-refractivity contribution >= 4 is 44.6 Å². The minimum atomic E-state index is -3.51. The second-order valence-electron chi connectivity index (χ2n) is 8.65. The number of rotatable bonds is 3. The Morgan fingerprint density at radius 3 is 2.41 bits per heavy atom. The summed E-state index contributed by atoms with van der Waals surface area (Å²) in [6.45, 7) is 10.9. The minimum Gasteiger partial charge on any atom is -0.333 e. The van der Waals surface area contributed by atoms with Gasteiger partial charge < -0.3 is 4.90 Å². The molecule has 1 aliphatic heterocycles. The van der Waals surface area contributed by atoms with Crippen LogP contribution in [0.3, 0.4) is 0 Å². The molecule has 0 N–H and O–H groups in total. The topological polar surface area (TPSA) is 60.9 Å². The van der Waals surface area contributed by atoms with Crippen LogP contribution in [0.1, 0.15) is 45.9 Å². The monoisotopic (exact) mass is 497 g/mol. The molecule has 0 aliphatic carbocycles. The van der Waals surface area contributed by atoms with E-state index in [0.717, 1.165) is 28.4 Å². The molecule has 9 heteroatoms. The van der Waals surface area contributed by atoms with Gasteiger partial charge in [0.2, 0.25) is 10.0 Å². The maximum absolute atomic E-state index is 13.6. The Hall–Kier alpha value is -1.61. The molecular formula is C23H32ClN3O3S2. The SMILES string of the molecule is Cc1cc(C(=O)N2CCN(C(C)C)CCCN(S(C)(=O)=O)c3cc(Cl)ccc3C2)c(C)s1. The first-order valence-electron chi connectivity index (χ1n) is 10.8. The number of carbonyl (C=O) groups is 1. The Morgan fingerprint density at radius 2 is 1.81 bits per heavy atom. The average molecular weight is 498 g/mol. The lowest BCUT2D eigenvalue weighted by Gasteiger charge is -2.30. The highest BCUT2D eigenvalue weighted by Crippen LogP contribution is 2.30. The first-order chi connectivity index (χ1) is 15.0. The fourth-order valence-electron chi connectivity index (χ4n) is 4.13. The van der Waals surface area contributed by atoms with Crippen LogP contribution in [0.15, 0.2) is 24.3 Å². The summed E-state index contributed by atoms with van der Waals surface area (Å²) in [5.74, 6) is -0.0263. The highest BCUT2D eigenvalue weighted by Gasteiger charge is 2.27. The van der Waals surface area contributed by atoms with Crippen LogP contribution >= 0.6 is 22.9 Å². The van der Waals surface area contributed by atoms with Crippen LogP contribution < -0.4 is 4.31 Å². The van der Waals surface area contributed by atoms with Crippen LogP contribution in [0.2, 0.25) is 5.02 Å². The summed E-state index contributed by atoms with van der Waals surface area (Å²) in [7, 11) is -3.51. The number of carbonyl (C=O) groups excluding carboxylic acids is 1. The van der Waals surface area contributed by atoms with E-state index in [1.54, 1.807) is 23.5 Å². The van der Waals surface area contributed by atoms with Gasteiger partial charge >= 0.3 is 0 Å². The number of amides is 1. The van der Waals surface area contributed by atoms with Gasteiger partial charge in [-0.3, -0.25) is 14.0 Å². The molecule has 0 saturated heterocycles. The van der Waals surface area contributed by atoms with E-state index in [0.29, 0.717) is 48.4 Å². The molecule has 32 heavy (non-hydrogen) atoms. The van der Waals surface area contributed by atoms with Crippen molar-refractivity contribution in [3.8, 4) is 0 Å². The molecule has 1 aliphatic rings. The molecule has 1 aromatic carbocycles. The van der Waals surface area contributed by atoms with Gasteiger partial charge in [-0.2, -0.15) is 0 Å². The average Bonchev–Trinajstić information content (AvgIpc) is 3.01. The molecule has 0 saturated carbocycles. The molecule has 0 fully saturated rings. The van der Waals surface area contributed by atoms with Crippen molar-refractivity contribution in [1.29, 1.82) is 0 Å². The van der Waals surface area contributed by atoms with E-state index in [1.807, 2.05) is 30.9 Å². The zero-order valence-corrected chi connectivity index (χ0v) is 21.8. The maximum atomic E-state index is 13.6. The van der Waals surface area contributed by atoms with Crippen LogP contribution in [-0.4, -0.2) is 62.6 Å². The quantitative estimate of drug-likeness (QED) is 0.624. The van der Waals surface area contributed by atoms with Crippen LogP contribution in [0.5, 0.6) is 0 Å². The lowest BCUT2D eigenvalue weighted by Crippen LogP contribution is -2.41. The number of benzene rings is 1. The summed E-state index contributed by atoms with van der Waals surface area (Å²) in [6, 6.07) is 7.52. The van der Waals surface area contributed by atoms with E-state index >= 15 is 0 Å². The summed E-state index contributed by atoms with van der Waals surface area (Å²) in [5, 5.41) is 0.471. The van der Waals surface area contributed by atoms with E-state index in [2.05, 4.69) is 18.7 Å². The fraction of sp³-hybridized carbons (Fsp3) is 0.522. The van der Waals surface area contributed by atoms with Gasteiger partial charge in [0, 0.05) is 53.5 Å². The Balaban J connectivity index is 2.08. The molecular weight excluding hydrogens is 466 g/mol. The number of aryl methyl sites for hydroxylation is 2. The van der Waals surface area contributed by atoms with Crippen LogP contribution in [-0.2, 0) is 16.6 Å². The van der Waals surface area contributed by atoms with Crippen molar-refractivity contribution in [3.63, 3.8) is 0 Å². The highest BCUT2D eigenvalue weighted by atomic mass is 35.5. The van der Waals surface area contributed by atoms with E-state index in [4.69, 9.17) is 11.6 Å². The molecule has 2 heterocycles. The summed E-state index contributed by atoms with van der Waals surface area (Å²) in [6.07, 6.45) is 1.91. The Labute approximate surface area is 200 Å². The highest BCUT2D eigenvalue weighted by molar-refractivity contribution is 7.92. The smallest absolute Gasteiger partial charge is 0.255 e. The standard InChI is InChI=1S/C23H32ClN3O3S2/c1-16(2)25-9-6-10-27(32(5,29)30)22-14-20(24)8-7-19(22)15-26(12-11-25)23(28)21-13-17(3)31-18(21)4/h7-8,13-14,16H,6,9-12,15H2,1-5H3. The van der Waals surface area contributed by atoms with Gasteiger partial charge in [-0.05, 0) is 57.9 Å². The van der Waals surface area contributed by atoms with E-state index in [1.165, 1.54) is 10.6 Å². The number of thiophene rings is 1. The van der Waals surface area contributed by atoms with Crippen molar-refractivity contribution < 1.29 is 13.2 Å². The predicted octanol–water partition coefficient (Wildman–Crippen LogP) is 4.54. The third-order valence-electron chi connectivity index (χ3n) is 5.83. The molecule has 0 radical (unpaired) electrons. The summed E-state index contributed by atoms with van der Waals surface area (Å²) >= 11 is 7.88. The number of anilines is 1. The van der Waals surface area contributed by atoms with Gasteiger partial charge in [0.1, 0.15) is 0 Å². The minimum absolute atomic E-state index is 0.0263. The molecule has 2 aromatic rings. The summed E-state index contributed by atoms with van der Waals surface area (Å²) in [4.78, 5) is 19.8. The molecule has 6 nitrogen and oxygen atoms in total. The Morgan fingerprint density at radius 1 is 1.09 bits per heavy atom. The van der Waals surface area contributed by atoms with Gasteiger partial charge in [-0.15, -0.1) is 11.3 Å². The molecule has 1 amide bonds. The largest absolute Gasteiger partial charge is 0.333 e. The van der Waals surface area contributed by atoms with Gasteiger partial charge in [-0.1, -0.05) is 17.7 Å². The number of sulfonamides is 1. The van der Waals surface area contributed by atoms with E-state index < -0.39 is 10.0 Å². The van der Waals surface area contributed by atoms with Gasteiger partial charge in [-0.25, -0.2) is 8.42 Å². The van der Waals surface area contributed by atoms with Gasteiger partial charge in [0.05, 0.1) is 17.5 Å². The first kappa shape index (κ1) is 25.0. The van der Waals surface area contributed by atoms with Crippen LogP contribution in [0.25, 0.3) is 0 Å². The maximum Gasteiger partial charge on any atom is 0.255 e. The van der Waals surface area contributed by atoms with E-state index in [9.17, 15) is 13.2 Å². The summed E-state index contributed by atoms with van der Waals surface area (Å²) < 4.78 is 26.8. The third-order valence-corrected chi connectivity index (χ3v) is 8.21. The second kappa shape index (κ2) is 10.1. The number of halogens is 1. The number of nitrogens with zero attached hydrogens (tertiary/aromatic N) is 3. The van der Waals surface area contributed by atoms with Crippen molar-refractivity contribution in [2.45, 2.75) is 46.7 Å². The van der Waals surface area contributed by atoms with Crippen molar-refractivity contribution in [1.82, 2.24) is 9.80 Å². The zero-order valence-electron chi connectivity index (χ0n) is 19.4. The zero-order chi connectivity index (χ0) is 23.6. The lowest BCUT2D eigenvalue weighted by atomic mass is 10.1. The Bertz CT molecular complexity index is 1080. The summed E-state index contributed by atoms with van der Waals surface area (Å²) in [5.41, 5.74) is 2.04. The van der Waals surface area contributed by atoms with Gasteiger partial charge in [0.25, 0.3) is 5.91 Å². The first-order valence-corrected chi connectivity index (χ1v) is 13.9. The molecule has 176 valence electrons. The van der Waals surface area contributed by atoms with Crippen LogP contribution in [0, 0.1) is 13.8 Å². The number of fused-ring (bicyclic) bond motifs is 1. The third kappa shape index (κ3) is 5.84. The van der Waals surface area contributed by atoms with E-state index in [-0.39, 0.29) is 5.91 Å². The number of hydrogen-bond acceptors (Lipinski definition) is 5. The van der Waals surface area contributed by atoms with Gasteiger partial charge in [0.15, 0.2) is 0 Å². The second-order valence-corrected chi connectivity index (χ2v) is 12.4. The molecule has 0 atom stereocenters. The van der Waals surface area contributed by atoms with Crippen molar-refractivity contribution in [2.75, 3.05) is 36.7 Å². The molecule has 0 spiro atoms. The lowest BCUT2D eigenvalue weighted by molar-refractivity contribution is 0.0712. The fourth-order valence-corrected chi connectivity index (χ4v) is 6.20. The molecule has 1 aromatic heterocycles. The molecule has 0 bridgehead atoms. The predicted molar refractivity (Wildman–Crippen MR) is 134 cm³/mol.